The normalized spacial score (nSPS) is 12.1. The van der Waals surface area contributed by atoms with Gasteiger partial charge in [-0.3, -0.25) is 0 Å². The van der Waals surface area contributed by atoms with Gasteiger partial charge in [0.25, 0.3) is 0 Å². The molecule has 204 valence electrons. The van der Waals surface area contributed by atoms with Crippen LogP contribution in [0.5, 0.6) is 11.5 Å². The maximum absolute atomic E-state index is 13.0. The molecule has 38 heavy (non-hydrogen) atoms. The predicted molar refractivity (Wildman–Crippen MR) is 125 cm³/mol. The SMILES string of the molecule is O=C(NCCF)NCC(Cc1ccccc1)(c1cccc(OC(F)(F)F)c1)c1cccc(OC(F)(F)F)c1. The quantitative estimate of drug-likeness (QED) is 0.296. The lowest BCUT2D eigenvalue weighted by atomic mass is 9.70. The standard InChI is InChI=1S/C26H23F7N2O3/c27-12-13-34-23(36)35-17-24(16-18-6-2-1-3-7-18,19-8-4-10-21(14-19)37-25(28,29)30)20-9-5-11-22(15-20)38-26(31,32)33/h1-11,14-15H,12-13,16-17H2,(H2,34,35,36). The minimum absolute atomic E-state index is 0.0438. The largest absolute Gasteiger partial charge is 0.573 e. The van der Waals surface area contributed by atoms with E-state index in [0.29, 0.717) is 5.56 Å². The first kappa shape index (κ1) is 28.6. The molecule has 2 amide bonds. The average molecular weight is 544 g/mol. The summed E-state index contributed by atoms with van der Waals surface area (Å²) >= 11 is 0. The van der Waals surface area contributed by atoms with Crippen LogP contribution in [0.15, 0.2) is 78.9 Å². The maximum atomic E-state index is 13.0. The third-order valence-corrected chi connectivity index (χ3v) is 5.52. The summed E-state index contributed by atoms with van der Waals surface area (Å²) in [6.07, 6.45) is -9.94. The molecule has 3 aromatic carbocycles. The van der Waals surface area contributed by atoms with Gasteiger partial charge < -0.3 is 20.1 Å². The first-order chi connectivity index (χ1) is 17.9. The predicted octanol–water partition coefficient (Wildman–Crippen LogP) is 6.28. The van der Waals surface area contributed by atoms with Crippen LogP contribution in [-0.2, 0) is 11.8 Å². The number of hydrogen-bond donors (Lipinski definition) is 2. The highest BCUT2D eigenvalue weighted by Gasteiger charge is 2.38. The van der Waals surface area contributed by atoms with Crippen molar-refractivity contribution < 1.29 is 45.0 Å². The number of ether oxygens (including phenoxy) is 2. The van der Waals surface area contributed by atoms with Crippen LogP contribution in [0.4, 0.5) is 35.5 Å². The molecule has 3 aromatic rings. The molecule has 0 saturated heterocycles. The van der Waals surface area contributed by atoms with Gasteiger partial charge in [-0.05, 0) is 47.4 Å². The average Bonchev–Trinajstić information content (AvgIpc) is 2.84. The Labute approximate surface area is 213 Å². The zero-order valence-corrected chi connectivity index (χ0v) is 19.7. The Morgan fingerprint density at radius 2 is 1.24 bits per heavy atom. The highest BCUT2D eigenvalue weighted by atomic mass is 19.4. The smallest absolute Gasteiger partial charge is 0.406 e. The highest BCUT2D eigenvalue weighted by Crippen LogP contribution is 2.39. The van der Waals surface area contributed by atoms with Crippen molar-refractivity contribution in [2.75, 3.05) is 19.8 Å². The molecule has 3 rings (SSSR count). The van der Waals surface area contributed by atoms with Crippen LogP contribution in [0.3, 0.4) is 0 Å². The number of urea groups is 1. The molecule has 0 aromatic heterocycles. The number of hydrogen-bond acceptors (Lipinski definition) is 3. The molecule has 0 aliphatic carbocycles. The summed E-state index contributed by atoms with van der Waals surface area (Å²) in [5, 5.41) is 4.85. The van der Waals surface area contributed by atoms with Gasteiger partial charge in [0.1, 0.15) is 18.2 Å². The van der Waals surface area contributed by atoms with Gasteiger partial charge in [0.15, 0.2) is 0 Å². The summed E-state index contributed by atoms with van der Waals surface area (Å²) in [6, 6.07) is 17.8. The van der Waals surface area contributed by atoms with E-state index in [4.69, 9.17) is 0 Å². The Morgan fingerprint density at radius 3 is 1.71 bits per heavy atom. The highest BCUT2D eigenvalue weighted by molar-refractivity contribution is 5.74. The van der Waals surface area contributed by atoms with Crippen LogP contribution in [-0.4, -0.2) is 38.5 Å². The lowest BCUT2D eigenvalue weighted by Gasteiger charge is -2.36. The number of amides is 2. The molecule has 0 atom stereocenters. The first-order valence-corrected chi connectivity index (χ1v) is 11.2. The fourth-order valence-corrected chi connectivity index (χ4v) is 4.02. The van der Waals surface area contributed by atoms with Crippen molar-refractivity contribution in [3.63, 3.8) is 0 Å². The van der Waals surface area contributed by atoms with Crippen LogP contribution >= 0.6 is 0 Å². The number of alkyl halides is 7. The van der Waals surface area contributed by atoms with Gasteiger partial charge in [0.2, 0.25) is 0 Å². The first-order valence-electron chi connectivity index (χ1n) is 11.2. The van der Waals surface area contributed by atoms with E-state index >= 15 is 0 Å². The summed E-state index contributed by atoms with van der Waals surface area (Å²) in [4.78, 5) is 12.3. The van der Waals surface area contributed by atoms with Crippen molar-refractivity contribution in [1.82, 2.24) is 10.6 Å². The van der Waals surface area contributed by atoms with Crippen molar-refractivity contribution in [2.45, 2.75) is 24.6 Å². The Hall–Kier alpha value is -3.96. The van der Waals surface area contributed by atoms with Gasteiger partial charge in [-0.15, -0.1) is 26.3 Å². The number of nitrogens with one attached hydrogen (secondary N) is 2. The second-order valence-corrected chi connectivity index (χ2v) is 8.19. The fraction of sp³-hybridized carbons (Fsp3) is 0.269. The number of carbonyl (C=O) groups is 1. The van der Waals surface area contributed by atoms with Crippen LogP contribution in [0, 0.1) is 0 Å². The Bertz CT molecular complexity index is 1140. The van der Waals surface area contributed by atoms with Gasteiger partial charge in [0.05, 0.1) is 0 Å². The van der Waals surface area contributed by atoms with E-state index in [9.17, 15) is 35.5 Å². The Kier molecular flexibility index (Phi) is 9.08. The van der Waals surface area contributed by atoms with Crippen LogP contribution in [0.1, 0.15) is 16.7 Å². The molecule has 0 heterocycles. The second kappa shape index (κ2) is 12.1. The van der Waals surface area contributed by atoms with Gasteiger partial charge in [-0.2, -0.15) is 0 Å². The molecule has 0 aliphatic heterocycles. The molecule has 2 N–H and O–H groups in total. The molecule has 12 heteroatoms. The zero-order valence-electron chi connectivity index (χ0n) is 19.7. The van der Waals surface area contributed by atoms with Gasteiger partial charge >= 0.3 is 18.8 Å². The topological polar surface area (TPSA) is 59.6 Å². The van der Waals surface area contributed by atoms with E-state index in [0.717, 1.165) is 24.3 Å². The summed E-state index contributed by atoms with van der Waals surface area (Å²) in [6.45, 7) is -1.41. The van der Waals surface area contributed by atoms with E-state index in [1.807, 2.05) is 0 Å². The van der Waals surface area contributed by atoms with Gasteiger partial charge in [-0.25, -0.2) is 9.18 Å². The number of carbonyl (C=O) groups excluding carboxylic acids is 1. The molecular formula is C26H23F7N2O3. The third-order valence-electron chi connectivity index (χ3n) is 5.52. The number of rotatable bonds is 10. The van der Waals surface area contributed by atoms with E-state index in [1.165, 1.54) is 24.3 Å². The molecule has 0 fully saturated rings. The van der Waals surface area contributed by atoms with Crippen molar-refractivity contribution in [1.29, 1.82) is 0 Å². The molecule has 0 radical (unpaired) electrons. The Morgan fingerprint density at radius 1 is 0.711 bits per heavy atom. The van der Waals surface area contributed by atoms with E-state index in [2.05, 4.69) is 20.1 Å². The van der Waals surface area contributed by atoms with Crippen LogP contribution < -0.4 is 20.1 Å². The van der Waals surface area contributed by atoms with Crippen LogP contribution in [0.2, 0.25) is 0 Å². The molecule has 0 saturated carbocycles. The summed E-state index contributed by atoms with van der Waals surface area (Å²) in [5.41, 5.74) is -0.330. The van der Waals surface area contributed by atoms with E-state index in [1.54, 1.807) is 30.3 Å². The van der Waals surface area contributed by atoms with Crippen molar-refractivity contribution in [3.8, 4) is 11.5 Å². The molecular weight excluding hydrogens is 521 g/mol. The molecule has 0 aliphatic rings. The van der Waals surface area contributed by atoms with Crippen LogP contribution in [0.25, 0.3) is 0 Å². The summed E-state index contributed by atoms with van der Waals surface area (Å²) in [5.74, 6) is -1.12. The zero-order chi connectivity index (χ0) is 27.8. The minimum atomic E-state index is -4.99. The lowest BCUT2D eigenvalue weighted by molar-refractivity contribution is -0.275. The third kappa shape index (κ3) is 8.29. The van der Waals surface area contributed by atoms with Crippen molar-refractivity contribution >= 4 is 6.03 Å². The number of benzene rings is 3. The van der Waals surface area contributed by atoms with Gasteiger partial charge in [-0.1, -0.05) is 54.6 Å². The van der Waals surface area contributed by atoms with Gasteiger partial charge in [0, 0.05) is 18.5 Å². The Balaban J connectivity index is 2.19. The van der Waals surface area contributed by atoms with E-state index < -0.39 is 42.3 Å². The molecule has 5 nitrogen and oxygen atoms in total. The van der Waals surface area contributed by atoms with E-state index in [-0.39, 0.29) is 30.6 Å². The molecule has 0 spiro atoms. The fourth-order valence-electron chi connectivity index (χ4n) is 4.02. The molecule has 0 unspecified atom stereocenters. The van der Waals surface area contributed by atoms with Crippen molar-refractivity contribution in [2.24, 2.45) is 0 Å². The number of halogens is 7. The summed E-state index contributed by atoms with van der Waals surface area (Å²) in [7, 11) is 0. The maximum Gasteiger partial charge on any atom is 0.573 e. The summed E-state index contributed by atoms with van der Waals surface area (Å²) < 4.78 is 98.6. The monoisotopic (exact) mass is 544 g/mol. The van der Waals surface area contributed by atoms with Crippen molar-refractivity contribution in [3.05, 3.63) is 95.6 Å². The minimum Gasteiger partial charge on any atom is -0.406 e. The second-order valence-electron chi connectivity index (χ2n) is 8.19. The lowest BCUT2D eigenvalue weighted by Crippen LogP contribution is -2.47. The molecule has 0 bridgehead atoms.